The summed E-state index contributed by atoms with van der Waals surface area (Å²) < 4.78 is 35.6. The predicted molar refractivity (Wildman–Crippen MR) is 128 cm³/mol. The first-order valence-corrected chi connectivity index (χ1v) is 11.2. The Morgan fingerprint density at radius 1 is 1.06 bits per heavy atom. The number of nitrogens with one attached hydrogen (secondary N) is 1. The van der Waals surface area contributed by atoms with Crippen molar-refractivity contribution in [1.29, 1.82) is 0 Å². The third kappa shape index (κ3) is 4.76. The number of carbonyl (C=O) groups excluding carboxylic acids is 1. The minimum Gasteiger partial charge on any atom is -0.454 e. The van der Waals surface area contributed by atoms with Gasteiger partial charge < -0.3 is 10.1 Å². The molecule has 0 atom stereocenters. The predicted octanol–water partition coefficient (Wildman–Crippen LogP) is 4.71. The van der Waals surface area contributed by atoms with Gasteiger partial charge in [0.1, 0.15) is 22.3 Å². The Morgan fingerprint density at radius 3 is 2.47 bits per heavy atom. The lowest BCUT2D eigenvalue weighted by molar-refractivity contribution is 0.102. The van der Waals surface area contributed by atoms with Crippen molar-refractivity contribution in [2.75, 3.05) is 5.32 Å². The number of benzene rings is 2. The summed E-state index contributed by atoms with van der Waals surface area (Å²) in [6, 6.07) is 11.3. The van der Waals surface area contributed by atoms with Gasteiger partial charge in [-0.15, -0.1) is 0 Å². The lowest BCUT2D eigenvalue weighted by atomic mass is 10.2. The third-order valence-corrected chi connectivity index (χ3v) is 5.71. The molecule has 36 heavy (non-hydrogen) atoms. The first-order chi connectivity index (χ1) is 17.3. The van der Waals surface area contributed by atoms with Gasteiger partial charge in [0.25, 0.3) is 11.5 Å². The molecule has 2 heterocycles. The molecule has 0 bridgehead atoms. The molecule has 4 aromatic rings. The number of rotatable bonds is 6. The fourth-order valence-electron chi connectivity index (χ4n) is 3.60. The van der Waals surface area contributed by atoms with Gasteiger partial charge in [0.2, 0.25) is 0 Å². The number of pyridine rings is 1. The van der Waals surface area contributed by atoms with Crippen LogP contribution < -0.4 is 21.3 Å². The van der Waals surface area contributed by atoms with Crippen LogP contribution in [0, 0.1) is 11.6 Å². The first kappa shape index (κ1) is 23.4. The standard InChI is InChI=1S/C25H17ClF2N4O4/c26-22-12-18(9-10-29-22)36-21-8-3-15(11-20(21)28)30-23(33)19-13-31(16-6-7-16)25(35)32(24(19)34)17-4-1-14(27)2-5-17/h1-5,8-13,16H,6-7H2,(H,30,33). The van der Waals surface area contributed by atoms with Crippen molar-refractivity contribution in [3.63, 3.8) is 0 Å². The number of carbonyl (C=O) groups is 1. The van der Waals surface area contributed by atoms with Crippen LogP contribution in [0.3, 0.4) is 0 Å². The second kappa shape index (κ2) is 9.38. The molecule has 2 aromatic heterocycles. The van der Waals surface area contributed by atoms with Crippen LogP contribution >= 0.6 is 11.6 Å². The zero-order valence-corrected chi connectivity index (χ0v) is 19.2. The van der Waals surface area contributed by atoms with Crippen LogP contribution in [0.5, 0.6) is 11.5 Å². The lowest BCUT2D eigenvalue weighted by Crippen LogP contribution is -2.42. The number of aromatic nitrogens is 3. The monoisotopic (exact) mass is 510 g/mol. The van der Waals surface area contributed by atoms with E-state index in [1.807, 2.05) is 0 Å². The Kier molecular flexibility index (Phi) is 6.11. The maximum absolute atomic E-state index is 14.7. The minimum atomic E-state index is -0.879. The van der Waals surface area contributed by atoms with E-state index in [0.717, 1.165) is 35.6 Å². The highest BCUT2D eigenvalue weighted by atomic mass is 35.5. The van der Waals surface area contributed by atoms with E-state index in [1.54, 1.807) is 0 Å². The number of hydrogen-bond acceptors (Lipinski definition) is 5. The molecular weight excluding hydrogens is 494 g/mol. The van der Waals surface area contributed by atoms with E-state index < -0.39 is 28.8 Å². The van der Waals surface area contributed by atoms with Gasteiger partial charge in [0.15, 0.2) is 11.6 Å². The summed E-state index contributed by atoms with van der Waals surface area (Å²) in [5, 5.41) is 2.66. The highest BCUT2D eigenvalue weighted by Crippen LogP contribution is 2.33. The average molecular weight is 511 g/mol. The smallest absolute Gasteiger partial charge is 0.335 e. The lowest BCUT2D eigenvalue weighted by Gasteiger charge is -2.13. The van der Waals surface area contributed by atoms with E-state index in [2.05, 4.69) is 10.3 Å². The topological polar surface area (TPSA) is 95.2 Å². The Bertz CT molecular complexity index is 1600. The molecule has 0 spiro atoms. The zero-order valence-electron chi connectivity index (χ0n) is 18.5. The largest absolute Gasteiger partial charge is 0.454 e. The van der Waals surface area contributed by atoms with Gasteiger partial charge in [-0.25, -0.2) is 23.1 Å². The molecule has 8 nitrogen and oxygen atoms in total. The summed E-state index contributed by atoms with van der Waals surface area (Å²) in [5.41, 5.74) is -1.64. The highest BCUT2D eigenvalue weighted by molar-refractivity contribution is 6.29. The maximum Gasteiger partial charge on any atom is 0.335 e. The zero-order chi connectivity index (χ0) is 25.4. The van der Waals surface area contributed by atoms with Gasteiger partial charge in [-0.05, 0) is 55.3 Å². The molecule has 5 rings (SSSR count). The van der Waals surface area contributed by atoms with Crippen LogP contribution in [0.15, 0.2) is 76.6 Å². The first-order valence-electron chi connectivity index (χ1n) is 10.8. The summed E-state index contributed by atoms with van der Waals surface area (Å²) in [4.78, 5) is 43.0. The number of amides is 1. The van der Waals surface area contributed by atoms with E-state index in [9.17, 15) is 23.2 Å². The van der Waals surface area contributed by atoms with Gasteiger partial charge in [0, 0.05) is 36.3 Å². The molecule has 182 valence electrons. The van der Waals surface area contributed by atoms with Gasteiger partial charge >= 0.3 is 5.69 Å². The Labute approximate surface area is 207 Å². The van der Waals surface area contributed by atoms with Gasteiger partial charge in [0.05, 0.1) is 5.69 Å². The number of halogens is 3. The number of nitrogens with zero attached hydrogens (tertiary/aromatic N) is 3. The van der Waals surface area contributed by atoms with Gasteiger partial charge in [-0.2, -0.15) is 0 Å². The van der Waals surface area contributed by atoms with Gasteiger partial charge in [-0.1, -0.05) is 11.6 Å². The highest BCUT2D eigenvalue weighted by Gasteiger charge is 2.28. The molecule has 1 aliphatic rings. The Balaban J connectivity index is 1.45. The molecule has 1 amide bonds. The number of hydrogen-bond donors (Lipinski definition) is 1. The SMILES string of the molecule is O=C(Nc1ccc(Oc2ccnc(Cl)c2)c(F)c1)c1cn(C2CC2)c(=O)n(-c2ccc(F)cc2)c1=O. The van der Waals surface area contributed by atoms with Crippen LogP contribution in [0.25, 0.3) is 5.69 Å². The molecule has 0 unspecified atom stereocenters. The number of anilines is 1. The number of ether oxygens (including phenoxy) is 1. The van der Waals surface area contributed by atoms with Crippen molar-refractivity contribution >= 4 is 23.2 Å². The fourth-order valence-corrected chi connectivity index (χ4v) is 3.76. The van der Waals surface area contributed by atoms with Crippen LogP contribution in [-0.2, 0) is 0 Å². The van der Waals surface area contributed by atoms with E-state index in [-0.39, 0.29) is 39.6 Å². The van der Waals surface area contributed by atoms with Crippen molar-refractivity contribution in [3.05, 3.63) is 110 Å². The Hall–Kier alpha value is -4.31. The normalized spacial score (nSPS) is 12.9. The fraction of sp³-hybridized carbons (Fsp3) is 0.120. The molecule has 1 N–H and O–H groups in total. The van der Waals surface area contributed by atoms with Crippen LogP contribution in [-0.4, -0.2) is 20.0 Å². The molecule has 1 aliphatic carbocycles. The molecule has 0 aliphatic heterocycles. The van der Waals surface area contributed by atoms with E-state index >= 15 is 0 Å². The van der Waals surface area contributed by atoms with Crippen molar-refractivity contribution in [2.45, 2.75) is 18.9 Å². The summed E-state index contributed by atoms with van der Waals surface area (Å²) in [7, 11) is 0. The van der Waals surface area contributed by atoms with Gasteiger partial charge in [-0.3, -0.25) is 14.2 Å². The summed E-state index contributed by atoms with van der Waals surface area (Å²) >= 11 is 5.81. The van der Waals surface area contributed by atoms with E-state index in [1.165, 1.54) is 53.4 Å². The van der Waals surface area contributed by atoms with E-state index in [4.69, 9.17) is 16.3 Å². The summed E-state index contributed by atoms with van der Waals surface area (Å²) in [6.07, 6.45) is 4.05. The molecule has 1 saturated carbocycles. The summed E-state index contributed by atoms with van der Waals surface area (Å²) in [6.45, 7) is 0. The molecule has 1 fully saturated rings. The second-order valence-corrected chi connectivity index (χ2v) is 8.48. The van der Waals surface area contributed by atoms with Crippen molar-refractivity contribution < 1.29 is 18.3 Å². The van der Waals surface area contributed by atoms with Crippen LogP contribution in [0.2, 0.25) is 5.15 Å². The molecule has 11 heteroatoms. The average Bonchev–Trinajstić information content (AvgIpc) is 3.67. The van der Waals surface area contributed by atoms with E-state index in [0.29, 0.717) is 0 Å². The molecule has 2 aromatic carbocycles. The molecule has 0 saturated heterocycles. The minimum absolute atomic E-state index is 0.0644. The van der Waals surface area contributed by atoms with Crippen LogP contribution in [0.1, 0.15) is 29.2 Å². The van der Waals surface area contributed by atoms with Crippen molar-refractivity contribution in [1.82, 2.24) is 14.1 Å². The quantitative estimate of drug-likeness (QED) is 0.379. The van der Waals surface area contributed by atoms with Crippen LogP contribution in [0.4, 0.5) is 14.5 Å². The third-order valence-electron chi connectivity index (χ3n) is 5.50. The second-order valence-electron chi connectivity index (χ2n) is 8.10. The Morgan fingerprint density at radius 2 is 1.81 bits per heavy atom. The van der Waals surface area contributed by atoms with Crippen molar-refractivity contribution in [3.8, 4) is 17.2 Å². The molecular formula is C25H17ClF2N4O4. The van der Waals surface area contributed by atoms with Crippen molar-refractivity contribution in [2.24, 2.45) is 0 Å². The maximum atomic E-state index is 14.7. The summed E-state index contributed by atoms with van der Waals surface area (Å²) in [5.74, 6) is -1.98. The molecule has 0 radical (unpaired) electrons.